The Morgan fingerprint density at radius 1 is 1.60 bits per heavy atom. The van der Waals surface area contributed by atoms with Gasteiger partial charge in [-0.1, -0.05) is 13.8 Å². The first kappa shape index (κ1) is 7.69. The third-order valence-corrected chi connectivity index (χ3v) is 1.99. The summed E-state index contributed by atoms with van der Waals surface area (Å²) in [4.78, 5) is 4.01. The highest BCUT2D eigenvalue weighted by Crippen LogP contribution is 2.20. The maximum atomic E-state index is 9.43. The second-order valence-electron chi connectivity index (χ2n) is 2.60. The molecule has 0 saturated carbocycles. The van der Waals surface area contributed by atoms with Crippen LogP contribution in [0.5, 0.6) is 0 Å². The van der Waals surface area contributed by atoms with Gasteiger partial charge in [0.2, 0.25) is 0 Å². The van der Waals surface area contributed by atoms with E-state index < -0.39 is 6.10 Å². The molecule has 1 atom stereocenters. The Morgan fingerprint density at radius 2 is 2.30 bits per heavy atom. The molecule has 10 heavy (non-hydrogen) atoms. The topological polar surface area (TPSA) is 33.1 Å². The number of nitrogens with zero attached hydrogens (tertiary/aromatic N) is 1. The average Bonchev–Trinajstić information content (AvgIpc) is 2.36. The number of aliphatic hydroxyl groups is 1. The number of hydrogen-bond donors (Lipinski definition) is 1. The number of thiazole rings is 1. The molecule has 1 N–H and O–H groups in total. The van der Waals surface area contributed by atoms with Crippen LogP contribution in [-0.4, -0.2) is 10.1 Å². The SMILES string of the molecule is CC(C)C(O)c1cscn1. The predicted octanol–water partition coefficient (Wildman–Crippen LogP) is 1.83. The van der Waals surface area contributed by atoms with Crippen molar-refractivity contribution in [3.05, 3.63) is 16.6 Å². The van der Waals surface area contributed by atoms with Crippen LogP contribution in [0.25, 0.3) is 0 Å². The van der Waals surface area contributed by atoms with Crippen LogP contribution in [0.4, 0.5) is 0 Å². The highest BCUT2D eigenvalue weighted by Gasteiger charge is 2.12. The minimum absolute atomic E-state index is 0.252. The Morgan fingerprint density at radius 3 is 2.70 bits per heavy atom. The standard InChI is InChI=1S/C7H11NOS/c1-5(2)7(9)6-3-10-4-8-6/h3-5,7,9H,1-2H3. The van der Waals surface area contributed by atoms with Crippen molar-refractivity contribution >= 4 is 11.3 Å². The normalized spacial score (nSPS) is 14.0. The van der Waals surface area contributed by atoms with Gasteiger partial charge in [-0.25, -0.2) is 4.98 Å². The van der Waals surface area contributed by atoms with Gasteiger partial charge >= 0.3 is 0 Å². The van der Waals surface area contributed by atoms with Gasteiger partial charge in [0.25, 0.3) is 0 Å². The van der Waals surface area contributed by atoms with Crippen molar-refractivity contribution in [1.82, 2.24) is 4.98 Å². The van der Waals surface area contributed by atoms with Crippen LogP contribution >= 0.6 is 11.3 Å². The first-order chi connectivity index (χ1) is 4.72. The van der Waals surface area contributed by atoms with Gasteiger partial charge in [-0.15, -0.1) is 11.3 Å². The number of hydrogen-bond acceptors (Lipinski definition) is 3. The van der Waals surface area contributed by atoms with E-state index in [9.17, 15) is 5.11 Å². The zero-order valence-corrected chi connectivity index (χ0v) is 6.93. The summed E-state index contributed by atoms with van der Waals surface area (Å²) in [6, 6.07) is 0. The Hall–Kier alpha value is -0.410. The molecule has 0 aromatic carbocycles. The summed E-state index contributed by atoms with van der Waals surface area (Å²) in [5.41, 5.74) is 2.53. The fraction of sp³-hybridized carbons (Fsp3) is 0.571. The van der Waals surface area contributed by atoms with E-state index in [1.165, 1.54) is 11.3 Å². The van der Waals surface area contributed by atoms with E-state index in [-0.39, 0.29) is 5.92 Å². The van der Waals surface area contributed by atoms with Gasteiger partial charge in [0.1, 0.15) is 0 Å². The molecule has 0 spiro atoms. The van der Waals surface area contributed by atoms with Crippen LogP contribution < -0.4 is 0 Å². The van der Waals surface area contributed by atoms with E-state index in [0.29, 0.717) is 0 Å². The highest BCUT2D eigenvalue weighted by atomic mass is 32.1. The first-order valence-corrected chi connectivity index (χ1v) is 4.22. The molecule has 0 bridgehead atoms. The molecule has 2 nitrogen and oxygen atoms in total. The zero-order valence-electron chi connectivity index (χ0n) is 6.11. The van der Waals surface area contributed by atoms with Gasteiger partial charge in [-0.2, -0.15) is 0 Å². The van der Waals surface area contributed by atoms with Crippen molar-refractivity contribution in [2.45, 2.75) is 20.0 Å². The maximum absolute atomic E-state index is 9.43. The monoisotopic (exact) mass is 157 g/mol. The summed E-state index contributed by atoms with van der Waals surface area (Å²) >= 11 is 1.51. The lowest BCUT2D eigenvalue weighted by molar-refractivity contribution is 0.123. The van der Waals surface area contributed by atoms with Crippen molar-refractivity contribution in [3.63, 3.8) is 0 Å². The van der Waals surface area contributed by atoms with E-state index in [4.69, 9.17) is 0 Å². The van der Waals surface area contributed by atoms with Crippen molar-refractivity contribution in [2.24, 2.45) is 5.92 Å². The van der Waals surface area contributed by atoms with Gasteiger partial charge in [0.15, 0.2) is 0 Å². The quantitative estimate of drug-likeness (QED) is 0.710. The zero-order chi connectivity index (χ0) is 7.56. The predicted molar refractivity (Wildman–Crippen MR) is 41.9 cm³/mol. The van der Waals surface area contributed by atoms with E-state index in [1.807, 2.05) is 19.2 Å². The molecule has 0 saturated heterocycles. The van der Waals surface area contributed by atoms with Crippen molar-refractivity contribution < 1.29 is 5.11 Å². The lowest BCUT2D eigenvalue weighted by Crippen LogP contribution is -2.04. The summed E-state index contributed by atoms with van der Waals surface area (Å²) in [7, 11) is 0. The molecular formula is C7H11NOS. The molecular weight excluding hydrogens is 146 g/mol. The first-order valence-electron chi connectivity index (χ1n) is 3.28. The molecule has 0 aliphatic heterocycles. The number of aliphatic hydroxyl groups excluding tert-OH is 1. The van der Waals surface area contributed by atoms with Crippen molar-refractivity contribution in [3.8, 4) is 0 Å². The minimum Gasteiger partial charge on any atom is -0.387 e. The molecule has 3 heteroatoms. The Balaban J connectivity index is 2.68. The van der Waals surface area contributed by atoms with Gasteiger partial charge in [0.05, 0.1) is 17.3 Å². The van der Waals surface area contributed by atoms with E-state index in [1.54, 1.807) is 5.51 Å². The summed E-state index contributed by atoms with van der Waals surface area (Å²) < 4.78 is 0. The Bertz CT molecular complexity index is 183. The maximum Gasteiger partial charge on any atom is 0.0991 e. The third-order valence-electron chi connectivity index (χ3n) is 1.39. The van der Waals surface area contributed by atoms with Crippen LogP contribution in [0.3, 0.4) is 0 Å². The molecule has 56 valence electrons. The largest absolute Gasteiger partial charge is 0.387 e. The molecule has 0 fully saturated rings. The van der Waals surface area contributed by atoms with Gasteiger partial charge in [-0.05, 0) is 5.92 Å². The molecule has 1 rings (SSSR count). The molecule has 0 aliphatic carbocycles. The fourth-order valence-corrected chi connectivity index (χ4v) is 1.29. The smallest absolute Gasteiger partial charge is 0.0991 e. The Kier molecular flexibility index (Phi) is 2.40. The van der Waals surface area contributed by atoms with Crippen LogP contribution in [0.1, 0.15) is 25.6 Å². The third kappa shape index (κ3) is 1.55. The summed E-state index contributed by atoms with van der Waals surface area (Å²) in [6.07, 6.45) is -0.397. The van der Waals surface area contributed by atoms with Crippen LogP contribution in [-0.2, 0) is 0 Å². The Labute approximate surface area is 64.5 Å². The number of aromatic nitrogens is 1. The van der Waals surface area contributed by atoms with Gasteiger partial charge in [-0.3, -0.25) is 0 Å². The second-order valence-corrected chi connectivity index (χ2v) is 3.32. The average molecular weight is 157 g/mol. The van der Waals surface area contributed by atoms with E-state index in [2.05, 4.69) is 4.98 Å². The highest BCUT2D eigenvalue weighted by molar-refractivity contribution is 7.07. The van der Waals surface area contributed by atoms with Crippen molar-refractivity contribution in [2.75, 3.05) is 0 Å². The summed E-state index contributed by atoms with van der Waals surface area (Å²) in [5, 5.41) is 11.3. The molecule has 1 heterocycles. The minimum atomic E-state index is -0.397. The lowest BCUT2D eigenvalue weighted by atomic mass is 10.1. The number of rotatable bonds is 2. The van der Waals surface area contributed by atoms with E-state index >= 15 is 0 Å². The van der Waals surface area contributed by atoms with Crippen LogP contribution in [0.2, 0.25) is 0 Å². The lowest BCUT2D eigenvalue weighted by Gasteiger charge is -2.10. The molecule has 1 unspecified atom stereocenters. The van der Waals surface area contributed by atoms with Gasteiger partial charge in [0, 0.05) is 5.38 Å². The van der Waals surface area contributed by atoms with Crippen LogP contribution in [0.15, 0.2) is 10.9 Å². The summed E-state index contributed by atoms with van der Waals surface area (Å²) in [5.74, 6) is 0.252. The molecule has 1 aromatic rings. The molecule has 0 amide bonds. The second kappa shape index (κ2) is 3.12. The molecule has 1 aromatic heterocycles. The molecule has 0 aliphatic rings. The molecule has 0 radical (unpaired) electrons. The van der Waals surface area contributed by atoms with Gasteiger partial charge < -0.3 is 5.11 Å². The fourth-order valence-electron chi connectivity index (χ4n) is 0.709. The summed E-state index contributed by atoms with van der Waals surface area (Å²) in [6.45, 7) is 3.95. The van der Waals surface area contributed by atoms with Crippen molar-refractivity contribution in [1.29, 1.82) is 0 Å². The van der Waals surface area contributed by atoms with Crippen LogP contribution in [0, 0.1) is 5.92 Å². The van der Waals surface area contributed by atoms with E-state index in [0.717, 1.165) is 5.69 Å².